The molecule has 192 valence electrons. The van der Waals surface area contributed by atoms with Crippen molar-refractivity contribution in [3.8, 4) is 17.6 Å². The molecule has 1 saturated heterocycles. The molecule has 1 fully saturated rings. The van der Waals surface area contributed by atoms with Crippen LogP contribution in [-0.2, 0) is 22.5 Å². The largest absolute Gasteiger partial charge is 0.502 e. The number of hydrogen-bond acceptors (Lipinski definition) is 7. The maximum absolute atomic E-state index is 12.7. The molecule has 0 aliphatic carbocycles. The number of nitrogens with one attached hydrogen (secondary N) is 2. The molecule has 37 heavy (non-hydrogen) atoms. The lowest BCUT2D eigenvalue weighted by molar-refractivity contribution is -0.122. The first-order chi connectivity index (χ1) is 18.0. The predicted octanol–water partition coefficient (Wildman–Crippen LogP) is 1.14. The number of morpholine rings is 1. The summed E-state index contributed by atoms with van der Waals surface area (Å²) in [6.07, 6.45) is 1.36. The van der Waals surface area contributed by atoms with Gasteiger partial charge in [-0.05, 0) is 41.8 Å². The van der Waals surface area contributed by atoms with Gasteiger partial charge in [0.25, 0.3) is 5.56 Å². The van der Waals surface area contributed by atoms with Crippen LogP contribution in [0.2, 0.25) is 0 Å². The molecule has 0 spiro atoms. The van der Waals surface area contributed by atoms with Crippen molar-refractivity contribution in [2.24, 2.45) is 0 Å². The minimum Gasteiger partial charge on any atom is -0.502 e. The Morgan fingerprint density at radius 1 is 1.05 bits per heavy atom. The molecule has 0 bridgehead atoms. The van der Waals surface area contributed by atoms with E-state index in [2.05, 4.69) is 44.2 Å². The van der Waals surface area contributed by atoms with E-state index in [9.17, 15) is 14.7 Å². The van der Waals surface area contributed by atoms with Crippen LogP contribution in [0.1, 0.15) is 33.9 Å². The van der Waals surface area contributed by atoms with E-state index in [0.29, 0.717) is 0 Å². The van der Waals surface area contributed by atoms with E-state index in [1.54, 1.807) is 0 Å². The molecule has 1 unspecified atom stereocenters. The van der Waals surface area contributed by atoms with E-state index in [1.807, 2.05) is 36.4 Å². The molecule has 4 N–H and O–H groups in total. The number of benzene rings is 2. The Hall–Kier alpha value is -3.97. The summed E-state index contributed by atoms with van der Waals surface area (Å²) >= 11 is 0. The van der Waals surface area contributed by atoms with Gasteiger partial charge < -0.3 is 25.3 Å². The number of aromatic nitrogens is 2. The van der Waals surface area contributed by atoms with Gasteiger partial charge in [-0.15, -0.1) is 0 Å². The molecule has 1 amide bonds. The molecule has 1 atom stereocenters. The van der Waals surface area contributed by atoms with Gasteiger partial charge in [-0.2, -0.15) is 0 Å². The van der Waals surface area contributed by atoms with Crippen LogP contribution in [0.15, 0.2) is 59.7 Å². The van der Waals surface area contributed by atoms with E-state index < -0.39 is 23.1 Å². The third-order valence-electron chi connectivity index (χ3n) is 6.12. The first-order valence-corrected chi connectivity index (χ1v) is 12.2. The lowest BCUT2D eigenvalue weighted by Gasteiger charge is -2.26. The highest BCUT2D eigenvalue weighted by Crippen LogP contribution is 2.24. The maximum atomic E-state index is 12.7. The fourth-order valence-electron chi connectivity index (χ4n) is 4.09. The van der Waals surface area contributed by atoms with E-state index in [1.165, 1.54) is 5.56 Å². The number of carbonyl (C=O) groups is 1. The zero-order chi connectivity index (χ0) is 26.0. The molecule has 9 nitrogen and oxygen atoms in total. The molecular formula is C28H30N4O5. The number of H-pyrrole nitrogens is 1. The highest BCUT2D eigenvalue weighted by atomic mass is 16.5. The highest BCUT2D eigenvalue weighted by Gasteiger charge is 2.26. The number of aromatic hydroxyl groups is 1. The molecule has 1 aromatic heterocycles. The number of nitrogens with zero attached hydrogens (tertiary/aromatic N) is 2. The Balaban J connectivity index is 1.43. The minimum atomic E-state index is -0.901. The number of aliphatic hydroxyl groups is 1. The monoisotopic (exact) mass is 502 g/mol. The molecule has 2 aromatic carbocycles. The number of carbonyl (C=O) groups excluding carboxylic acids is 1. The fraction of sp³-hybridized carbons (Fsp3) is 0.321. The Bertz CT molecular complexity index is 1300. The molecule has 3 aromatic rings. The number of amides is 1. The molecule has 1 aliphatic rings. The van der Waals surface area contributed by atoms with Crippen LogP contribution in [0, 0.1) is 11.8 Å². The number of ether oxygens (including phenoxy) is 1. The Labute approximate surface area is 215 Å². The third kappa shape index (κ3) is 7.27. The quantitative estimate of drug-likeness (QED) is 0.340. The molecular weight excluding hydrogens is 472 g/mol. The first kappa shape index (κ1) is 26.1. The SMILES string of the molecule is O=C(NCCO)C(Cc1ccc(C#Cc2ccc(CN3CCOCC3)cc2)cc1)c1nc[nH]c(=O)c1O. The zero-order valence-electron chi connectivity index (χ0n) is 20.4. The van der Waals surface area contributed by atoms with Gasteiger partial charge in [-0.3, -0.25) is 14.5 Å². The van der Waals surface area contributed by atoms with Crippen LogP contribution in [0.25, 0.3) is 0 Å². The minimum absolute atomic E-state index is 0.0138. The Morgan fingerprint density at radius 3 is 2.30 bits per heavy atom. The summed E-state index contributed by atoms with van der Waals surface area (Å²) in [7, 11) is 0. The summed E-state index contributed by atoms with van der Waals surface area (Å²) in [5.41, 5.74) is 3.06. The lowest BCUT2D eigenvalue weighted by atomic mass is 9.94. The van der Waals surface area contributed by atoms with Gasteiger partial charge in [0.1, 0.15) is 5.69 Å². The van der Waals surface area contributed by atoms with Gasteiger partial charge in [0.2, 0.25) is 11.7 Å². The second kappa shape index (κ2) is 12.8. The lowest BCUT2D eigenvalue weighted by Crippen LogP contribution is -2.35. The summed E-state index contributed by atoms with van der Waals surface area (Å²) in [4.78, 5) is 33.2. The van der Waals surface area contributed by atoms with Crippen molar-refractivity contribution in [2.75, 3.05) is 39.5 Å². The summed E-state index contributed by atoms with van der Waals surface area (Å²) in [6.45, 7) is 4.21. The average molecular weight is 503 g/mol. The molecule has 0 saturated carbocycles. The topological polar surface area (TPSA) is 128 Å². The van der Waals surface area contributed by atoms with E-state index >= 15 is 0 Å². The molecule has 1 aliphatic heterocycles. The van der Waals surface area contributed by atoms with Crippen LogP contribution in [0.4, 0.5) is 0 Å². The predicted molar refractivity (Wildman–Crippen MR) is 138 cm³/mol. The van der Waals surface area contributed by atoms with Crippen LogP contribution in [0.3, 0.4) is 0 Å². The first-order valence-electron chi connectivity index (χ1n) is 12.2. The Kier molecular flexibility index (Phi) is 9.05. The van der Waals surface area contributed by atoms with Crippen molar-refractivity contribution in [3.05, 3.63) is 93.2 Å². The summed E-state index contributed by atoms with van der Waals surface area (Å²) in [5.74, 6) is 4.40. The zero-order valence-corrected chi connectivity index (χ0v) is 20.4. The van der Waals surface area contributed by atoms with Gasteiger partial charge in [0, 0.05) is 37.3 Å². The maximum Gasteiger partial charge on any atom is 0.293 e. The van der Waals surface area contributed by atoms with Gasteiger partial charge in [-0.1, -0.05) is 36.1 Å². The number of aliphatic hydroxyl groups excluding tert-OH is 1. The van der Waals surface area contributed by atoms with Crippen LogP contribution in [-0.4, -0.2) is 70.4 Å². The summed E-state index contributed by atoms with van der Waals surface area (Å²) in [6, 6.07) is 15.7. The van der Waals surface area contributed by atoms with Crippen LogP contribution >= 0.6 is 0 Å². The third-order valence-corrected chi connectivity index (χ3v) is 6.12. The van der Waals surface area contributed by atoms with Gasteiger partial charge in [-0.25, -0.2) is 4.98 Å². The second-order valence-electron chi connectivity index (χ2n) is 8.77. The van der Waals surface area contributed by atoms with E-state index in [0.717, 1.165) is 55.9 Å². The number of hydrogen-bond donors (Lipinski definition) is 4. The summed E-state index contributed by atoms with van der Waals surface area (Å²) < 4.78 is 5.40. The number of aromatic amines is 1. The van der Waals surface area contributed by atoms with Crippen LogP contribution in [0.5, 0.6) is 5.75 Å². The fourth-order valence-corrected chi connectivity index (χ4v) is 4.09. The van der Waals surface area contributed by atoms with Crippen molar-refractivity contribution in [3.63, 3.8) is 0 Å². The average Bonchev–Trinajstić information content (AvgIpc) is 2.93. The van der Waals surface area contributed by atoms with E-state index in [4.69, 9.17) is 9.84 Å². The summed E-state index contributed by atoms with van der Waals surface area (Å²) in [5, 5.41) is 21.8. The molecule has 9 heteroatoms. The van der Waals surface area contributed by atoms with Crippen molar-refractivity contribution < 1.29 is 19.7 Å². The van der Waals surface area contributed by atoms with Crippen LogP contribution < -0.4 is 10.9 Å². The molecule has 2 heterocycles. The van der Waals surface area contributed by atoms with Crippen molar-refractivity contribution in [2.45, 2.75) is 18.9 Å². The van der Waals surface area contributed by atoms with Crippen molar-refractivity contribution in [1.29, 1.82) is 0 Å². The second-order valence-corrected chi connectivity index (χ2v) is 8.77. The van der Waals surface area contributed by atoms with Gasteiger partial charge in [0.15, 0.2) is 0 Å². The smallest absolute Gasteiger partial charge is 0.293 e. The Morgan fingerprint density at radius 2 is 1.68 bits per heavy atom. The standard InChI is InChI=1S/C28H30N4O5/c33-14-11-29-27(35)24(25-26(34)28(36)31-19-30-25)17-22-7-3-20(4-8-22)1-2-21-5-9-23(10-6-21)18-32-12-15-37-16-13-32/h3-10,19,24,33-34H,11-18H2,(H,29,35)(H,30,31,36). The van der Waals surface area contributed by atoms with Gasteiger partial charge in [0.05, 0.1) is 32.1 Å². The van der Waals surface area contributed by atoms with Crippen molar-refractivity contribution >= 4 is 5.91 Å². The highest BCUT2D eigenvalue weighted by molar-refractivity contribution is 5.84. The van der Waals surface area contributed by atoms with E-state index in [-0.39, 0.29) is 25.3 Å². The van der Waals surface area contributed by atoms with Gasteiger partial charge >= 0.3 is 0 Å². The molecule has 4 rings (SSSR count). The number of rotatable bonds is 8. The molecule has 0 radical (unpaired) electrons. The van der Waals surface area contributed by atoms with Crippen molar-refractivity contribution in [1.82, 2.24) is 20.2 Å². The normalized spacial score (nSPS) is 14.4.